The van der Waals surface area contributed by atoms with Gasteiger partial charge in [-0.3, -0.25) is 10.1 Å². The third-order valence-electron chi connectivity index (χ3n) is 3.03. The molecular weight excluding hydrogens is 236 g/mol. The molecule has 0 bridgehead atoms. The number of anilines is 1. The maximum Gasteiger partial charge on any atom is 0.329 e. The van der Waals surface area contributed by atoms with Gasteiger partial charge in [0.25, 0.3) is 5.69 Å². The number of aryl methyl sites for hydroxylation is 1. The molecule has 0 saturated carbocycles. The lowest BCUT2D eigenvalue weighted by atomic mass is 9.97. The summed E-state index contributed by atoms with van der Waals surface area (Å²) < 4.78 is 0. The number of para-hydroxylation sites is 1. The van der Waals surface area contributed by atoms with Gasteiger partial charge < -0.3 is 10.4 Å². The number of nitrogens with zero attached hydrogens (tertiary/aromatic N) is 1. The van der Waals surface area contributed by atoms with Crippen molar-refractivity contribution in [2.45, 2.75) is 32.7 Å². The van der Waals surface area contributed by atoms with Crippen molar-refractivity contribution in [2.24, 2.45) is 0 Å². The molecule has 0 aromatic heterocycles. The summed E-state index contributed by atoms with van der Waals surface area (Å²) in [5.74, 6) is -1.04. The molecule has 0 heterocycles. The quantitative estimate of drug-likeness (QED) is 0.620. The van der Waals surface area contributed by atoms with Gasteiger partial charge >= 0.3 is 5.97 Å². The average molecular weight is 252 g/mol. The standard InChI is InChI=1S/C12H16N2O4/c1-4-12(3,11(15)16)13-10-8(2)6-5-7-9(10)14(17)18/h5-7,13H,4H2,1-3H3,(H,15,16). The van der Waals surface area contributed by atoms with Crippen LogP contribution in [0.25, 0.3) is 0 Å². The molecule has 18 heavy (non-hydrogen) atoms. The van der Waals surface area contributed by atoms with Crippen molar-refractivity contribution in [3.8, 4) is 0 Å². The zero-order chi connectivity index (χ0) is 13.9. The number of hydrogen-bond acceptors (Lipinski definition) is 4. The van der Waals surface area contributed by atoms with Crippen molar-refractivity contribution in [3.05, 3.63) is 33.9 Å². The van der Waals surface area contributed by atoms with Gasteiger partial charge in [-0.15, -0.1) is 0 Å². The molecular formula is C12H16N2O4. The maximum absolute atomic E-state index is 11.2. The fraction of sp³-hybridized carbons (Fsp3) is 0.417. The fourth-order valence-corrected chi connectivity index (χ4v) is 1.54. The van der Waals surface area contributed by atoms with Crippen molar-refractivity contribution in [1.29, 1.82) is 0 Å². The summed E-state index contributed by atoms with van der Waals surface area (Å²) in [5, 5.41) is 22.9. The summed E-state index contributed by atoms with van der Waals surface area (Å²) >= 11 is 0. The van der Waals surface area contributed by atoms with E-state index < -0.39 is 16.4 Å². The van der Waals surface area contributed by atoms with Crippen molar-refractivity contribution < 1.29 is 14.8 Å². The number of rotatable bonds is 5. The van der Waals surface area contributed by atoms with Gasteiger partial charge in [-0.2, -0.15) is 0 Å². The van der Waals surface area contributed by atoms with Gasteiger partial charge in [-0.1, -0.05) is 19.1 Å². The summed E-state index contributed by atoms with van der Waals surface area (Å²) in [7, 11) is 0. The van der Waals surface area contributed by atoms with Crippen LogP contribution in [0.4, 0.5) is 11.4 Å². The van der Waals surface area contributed by atoms with Crippen molar-refractivity contribution in [2.75, 3.05) is 5.32 Å². The second kappa shape index (κ2) is 5.03. The largest absolute Gasteiger partial charge is 0.480 e. The van der Waals surface area contributed by atoms with Crippen LogP contribution in [-0.2, 0) is 4.79 Å². The summed E-state index contributed by atoms with van der Waals surface area (Å²) in [6.45, 7) is 4.92. The number of carbonyl (C=O) groups is 1. The molecule has 0 amide bonds. The van der Waals surface area contributed by atoms with Gasteiger partial charge in [0.2, 0.25) is 0 Å². The lowest BCUT2D eigenvalue weighted by Crippen LogP contribution is -2.43. The monoisotopic (exact) mass is 252 g/mol. The number of nitro groups is 1. The Kier molecular flexibility index (Phi) is 3.90. The molecule has 1 rings (SSSR count). The predicted octanol–water partition coefficient (Wildman–Crippen LogP) is 2.57. The number of nitro benzene ring substituents is 1. The Labute approximate surface area is 105 Å². The van der Waals surface area contributed by atoms with E-state index in [9.17, 15) is 20.0 Å². The van der Waals surface area contributed by atoms with Gasteiger partial charge in [-0.25, -0.2) is 4.79 Å². The average Bonchev–Trinajstić information content (AvgIpc) is 2.30. The van der Waals surface area contributed by atoms with Crippen LogP contribution in [0, 0.1) is 17.0 Å². The van der Waals surface area contributed by atoms with Crippen molar-refractivity contribution in [3.63, 3.8) is 0 Å². The first-order chi connectivity index (χ1) is 8.31. The van der Waals surface area contributed by atoms with E-state index in [2.05, 4.69) is 5.32 Å². The lowest BCUT2D eigenvalue weighted by Gasteiger charge is -2.26. The highest BCUT2D eigenvalue weighted by molar-refractivity contribution is 5.84. The first-order valence-corrected chi connectivity index (χ1v) is 5.57. The van der Waals surface area contributed by atoms with E-state index in [1.54, 1.807) is 26.0 Å². The molecule has 0 radical (unpaired) electrons. The van der Waals surface area contributed by atoms with E-state index in [0.29, 0.717) is 12.0 Å². The minimum absolute atomic E-state index is 0.115. The Bertz CT molecular complexity index is 487. The first kappa shape index (κ1) is 14.0. The van der Waals surface area contributed by atoms with Gasteiger partial charge in [0, 0.05) is 6.07 Å². The normalized spacial score (nSPS) is 13.7. The highest BCUT2D eigenvalue weighted by atomic mass is 16.6. The zero-order valence-electron chi connectivity index (χ0n) is 10.6. The molecule has 1 atom stereocenters. The summed E-state index contributed by atoms with van der Waals surface area (Å²) in [4.78, 5) is 21.6. The second-order valence-electron chi connectivity index (χ2n) is 4.34. The Hall–Kier alpha value is -2.11. The first-order valence-electron chi connectivity index (χ1n) is 5.57. The second-order valence-corrected chi connectivity index (χ2v) is 4.34. The Balaban J connectivity index is 3.26. The molecule has 1 unspecified atom stereocenters. The molecule has 6 nitrogen and oxygen atoms in total. The molecule has 1 aromatic carbocycles. The molecule has 0 fully saturated rings. The zero-order valence-corrected chi connectivity index (χ0v) is 10.6. The Morgan fingerprint density at radius 1 is 1.56 bits per heavy atom. The molecule has 2 N–H and O–H groups in total. The fourth-order valence-electron chi connectivity index (χ4n) is 1.54. The van der Waals surface area contributed by atoms with E-state index in [1.165, 1.54) is 13.0 Å². The van der Waals surface area contributed by atoms with Crippen LogP contribution in [0.15, 0.2) is 18.2 Å². The van der Waals surface area contributed by atoms with Crippen molar-refractivity contribution >= 4 is 17.3 Å². The molecule has 98 valence electrons. The molecule has 0 spiro atoms. The molecule has 0 saturated heterocycles. The van der Waals surface area contributed by atoms with Gasteiger partial charge in [-0.05, 0) is 25.8 Å². The SMILES string of the molecule is CCC(C)(Nc1c(C)cccc1[N+](=O)[O-])C(=O)O. The van der Waals surface area contributed by atoms with Gasteiger partial charge in [0.15, 0.2) is 0 Å². The van der Waals surface area contributed by atoms with E-state index in [0.717, 1.165) is 0 Å². The maximum atomic E-state index is 11.2. The highest BCUT2D eigenvalue weighted by Crippen LogP contribution is 2.31. The van der Waals surface area contributed by atoms with Gasteiger partial charge in [0.1, 0.15) is 11.2 Å². The predicted molar refractivity (Wildman–Crippen MR) is 67.8 cm³/mol. The third-order valence-corrected chi connectivity index (χ3v) is 3.03. The smallest absolute Gasteiger partial charge is 0.329 e. The minimum Gasteiger partial charge on any atom is -0.480 e. The number of hydrogen-bond donors (Lipinski definition) is 2. The van der Waals surface area contributed by atoms with E-state index in [-0.39, 0.29) is 11.4 Å². The minimum atomic E-state index is -1.23. The van der Waals surface area contributed by atoms with E-state index >= 15 is 0 Å². The third kappa shape index (κ3) is 2.58. The molecule has 0 aliphatic heterocycles. The van der Waals surface area contributed by atoms with Crippen molar-refractivity contribution in [1.82, 2.24) is 0 Å². The van der Waals surface area contributed by atoms with Crippen LogP contribution < -0.4 is 5.32 Å². The number of carboxylic acids is 1. The van der Waals surface area contributed by atoms with Gasteiger partial charge in [0.05, 0.1) is 4.92 Å². The lowest BCUT2D eigenvalue weighted by molar-refractivity contribution is -0.384. The summed E-state index contributed by atoms with van der Waals surface area (Å²) in [6.07, 6.45) is 0.313. The molecule has 0 aliphatic carbocycles. The van der Waals surface area contributed by atoms with E-state index in [4.69, 9.17) is 0 Å². The number of carboxylic acid groups (broad SMARTS) is 1. The highest BCUT2D eigenvalue weighted by Gasteiger charge is 2.33. The summed E-state index contributed by atoms with van der Waals surface area (Å²) in [5.41, 5.74) is -0.438. The summed E-state index contributed by atoms with van der Waals surface area (Å²) in [6, 6.07) is 4.63. The van der Waals surface area contributed by atoms with Crippen LogP contribution in [0.1, 0.15) is 25.8 Å². The molecule has 6 heteroatoms. The van der Waals surface area contributed by atoms with Crippen LogP contribution in [0.5, 0.6) is 0 Å². The Morgan fingerprint density at radius 2 is 2.17 bits per heavy atom. The molecule has 0 aliphatic rings. The van der Waals surface area contributed by atoms with Crippen LogP contribution in [0.2, 0.25) is 0 Å². The Morgan fingerprint density at radius 3 is 2.61 bits per heavy atom. The topological polar surface area (TPSA) is 92.5 Å². The molecule has 1 aromatic rings. The van der Waals surface area contributed by atoms with E-state index in [1.807, 2.05) is 0 Å². The van der Waals surface area contributed by atoms with Crippen LogP contribution >= 0.6 is 0 Å². The van der Waals surface area contributed by atoms with Crippen LogP contribution in [0.3, 0.4) is 0 Å². The number of benzene rings is 1. The number of nitrogens with one attached hydrogen (secondary N) is 1. The number of aliphatic carboxylic acids is 1. The van der Waals surface area contributed by atoms with Crippen LogP contribution in [-0.4, -0.2) is 21.5 Å².